The van der Waals surface area contributed by atoms with E-state index in [1.54, 1.807) is 55.6 Å². The Kier molecular flexibility index (Phi) is 5.43. The number of methoxy groups -OCH3 is 1. The molecule has 8 nitrogen and oxygen atoms in total. The number of rotatable bonds is 4. The molecule has 9 heteroatoms. The lowest BCUT2D eigenvalue weighted by molar-refractivity contribution is 0.102. The summed E-state index contributed by atoms with van der Waals surface area (Å²) in [6, 6.07) is 12.6. The number of hydrogen-bond donors (Lipinski definition) is 1. The van der Waals surface area contributed by atoms with Crippen molar-refractivity contribution in [3.05, 3.63) is 58.6 Å². The number of thiophene rings is 1. The fourth-order valence-corrected chi connectivity index (χ4v) is 4.01. The van der Waals surface area contributed by atoms with E-state index < -0.39 is 6.09 Å². The molecule has 0 aliphatic carbocycles. The van der Waals surface area contributed by atoms with Gasteiger partial charge < -0.3 is 14.6 Å². The van der Waals surface area contributed by atoms with E-state index in [1.165, 1.54) is 12.0 Å². The third-order valence-corrected chi connectivity index (χ3v) is 5.84. The summed E-state index contributed by atoms with van der Waals surface area (Å²) >= 11 is 1.59. The molecule has 0 aliphatic rings. The van der Waals surface area contributed by atoms with E-state index in [-0.39, 0.29) is 5.91 Å². The lowest BCUT2D eigenvalue weighted by atomic mass is 10.1. The van der Waals surface area contributed by atoms with Gasteiger partial charge in [-0.25, -0.2) is 9.78 Å². The number of carbonyl (C=O) groups excluding carboxylic acids is 2. The molecule has 0 saturated carbocycles. The van der Waals surface area contributed by atoms with Crippen molar-refractivity contribution in [2.75, 3.05) is 24.4 Å². The lowest BCUT2D eigenvalue weighted by Crippen LogP contribution is -2.25. The zero-order valence-corrected chi connectivity index (χ0v) is 18.2. The lowest BCUT2D eigenvalue weighted by Gasteiger charge is -2.16. The number of carbonyl (C=O) groups is 2. The van der Waals surface area contributed by atoms with E-state index in [4.69, 9.17) is 9.26 Å². The third kappa shape index (κ3) is 3.99. The molecule has 1 aromatic carbocycles. The number of fused-ring (bicyclic) bond motifs is 1. The first-order valence-electron chi connectivity index (χ1n) is 9.44. The monoisotopic (exact) mass is 436 g/mol. The average Bonchev–Trinajstić information content (AvgIpc) is 3.38. The highest BCUT2D eigenvalue weighted by atomic mass is 32.1. The fourth-order valence-electron chi connectivity index (χ4n) is 3.18. The Balaban J connectivity index is 1.66. The highest BCUT2D eigenvalue weighted by Gasteiger charge is 2.20. The first-order chi connectivity index (χ1) is 14.9. The van der Waals surface area contributed by atoms with Crippen LogP contribution in [0.25, 0.3) is 21.7 Å². The second-order valence-corrected chi connectivity index (χ2v) is 8.23. The fraction of sp³-hybridized carbons (Fsp3) is 0.182. The predicted molar refractivity (Wildman–Crippen MR) is 120 cm³/mol. The molecule has 3 aromatic heterocycles. The van der Waals surface area contributed by atoms with Gasteiger partial charge in [-0.2, -0.15) is 0 Å². The van der Waals surface area contributed by atoms with Crippen LogP contribution in [0.1, 0.15) is 20.9 Å². The number of benzene rings is 1. The van der Waals surface area contributed by atoms with Gasteiger partial charge in [0.15, 0.2) is 0 Å². The van der Waals surface area contributed by atoms with E-state index in [2.05, 4.69) is 15.5 Å². The molecule has 31 heavy (non-hydrogen) atoms. The molecule has 4 rings (SSSR count). The van der Waals surface area contributed by atoms with E-state index in [9.17, 15) is 9.59 Å². The molecular formula is C22H20N4O4S. The summed E-state index contributed by atoms with van der Waals surface area (Å²) in [6.07, 6.45) is -0.477. The van der Waals surface area contributed by atoms with Crippen molar-refractivity contribution >= 4 is 45.8 Å². The van der Waals surface area contributed by atoms with Crippen LogP contribution >= 0.6 is 11.3 Å². The van der Waals surface area contributed by atoms with Crippen LogP contribution < -0.4 is 10.2 Å². The summed E-state index contributed by atoms with van der Waals surface area (Å²) in [4.78, 5) is 32.8. The maximum atomic E-state index is 13.2. The minimum absolute atomic E-state index is 0.303. The number of nitrogens with one attached hydrogen (secondary N) is 1. The minimum Gasteiger partial charge on any atom is -0.452 e. The summed E-state index contributed by atoms with van der Waals surface area (Å²) in [6.45, 7) is 3.79. The summed E-state index contributed by atoms with van der Waals surface area (Å²) < 4.78 is 10.1. The van der Waals surface area contributed by atoms with Crippen molar-refractivity contribution in [2.45, 2.75) is 13.8 Å². The number of pyridine rings is 1. The zero-order chi connectivity index (χ0) is 22.1. The Labute approximate surface area is 182 Å². The molecule has 158 valence electrons. The van der Waals surface area contributed by atoms with Crippen molar-refractivity contribution in [2.24, 2.45) is 0 Å². The highest BCUT2D eigenvalue weighted by molar-refractivity contribution is 7.15. The molecule has 0 radical (unpaired) electrons. The van der Waals surface area contributed by atoms with Gasteiger partial charge in [0.25, 0.3) is 11.6 Å². The van der Waals surface area contributed by atoms with Crippen LogP contribution in [0, 0.1) is 13.8 Å². The summed E-state index contributed by atoms with van der Waals surface area (Å²) in [7, 11) is 2.93. The van der Waals surface area contributed by atoms with Crippen LogP contribution in [0.15, 0.2) is 47.0 Å². The SMILES string of the molecule is COC(=O)N(C)c1ccc(NC(=O)c2cc(-c3ccc(C)s3)nc3onc(C)c23)cc1. The van der Waals surface area contributed by atoms with Gasteiger partial charge in [-0.3, -0.25) is 9.69 Å². The molecule has 2 amide bonds. The van der Waals surface area contributed by atoms with E-state index in [0.29, 0.717) is 39.4 Å². The molecule has 1 N–H and O–H groups in total. The molecule has 0 unspecified atom stereocenters. The second-order valence-electron chi connectivity index (χ2n) is 6.94. The van der Waals surface area contributed by atoms with Crippen LogP contribution in [0.5, 0.6) is 0 Å². The maximum absolute atomic E-state index is 13.2. The molecule has 4 aromatic rings. The molecular weight excluding hydrogens is 416 g/mol. The number of amides is 2. The molecule has 0 saturated heterocycles. The van der Waals surface area contributed by atoms with Crippen molar-refractivity contribution in [1.29, 1.82) is 0 Å². The van der Waals surface area contributed by atoms with Gasteiger partial charge in [0.1, 0.15) is 0 Å². The van der Waals surface area contributed by atoms with Crippen LogP contribution in [0.4, 0.5) is 16.2 Å². The number of anilines is 2. The van der Waals surface area contributed by atoms with Crippen LogP contribution in [-0.2, 0) is 4.74 Å². The Hall–Kier alpha value is -3.72. The third-order valence-electron chi connectivity index (χ3n) is 4.82. The summed E-state index contributed by atoms with van der Waals surface area (Å²) in [5.41, 5.74) is 3.22. The van der Waals surface area contributed by atoms with Crippen LogP contribution in [-0.4, -0.2) is 36.3 Å². The Morgan fingerprint density at radius 1 is 1.13 bits per heavy atom. The van der Waals surface area contributed by atoms with Gasteiger partial charge >= 0.3 is 6.09 Å². The molecule has 3 heterocycles. The van der Waals surface area contributed by atoms with Crippen LogP contribution in [0.3, 0.4) is 0 Å². The molecule has 0 aliphatic heterocycles. The minimum atomic E-state index is -0.477. The molecule has 0 spiro atoms. The predicted octanol–water partition coefficient (Wildman–Crippen LogP) is 5.02. The normalized spacial score (nSPS) is 10.8. The van der Waals surface area contributed by atoms with Crippen molar-refractivity contribution in [3.8, 4) is 10.6 Å². The quantitative estimate of drug-likeness (QED) is 0.482. The van der Waals surface area contributed by atoms with Gasteiger partial charge in [-0.15, -0.1) is 11.3 Å². The number of aromatic nitrogens is 2. The second kappa shape index (κ2) is 8.19. The number of ether oxygens (including phenoxy) is 1. The van der Waals surface area contributed by atoms with Crippen molar-refractivity contribution in [3.63, 3.8) is 0 Å². The Morgan fingerprint density at radius 3 is 2.52 bits per heavy atom. The first-order valence-corrected chi connectivity index (χ1v) is 10.3. The largest absolute Gasteiger partial charge is 0.452 e. The summed E-state index contributed by atoms with van der Waals surface area (Å²) in [5.74, 6) is -0.303. The van der Waals surface area contributed by atoms with E-state index in [1.807, 2.05) is 19.1 Å². The topological polar surface area (TPSA) is 97.6 Å². The van der Waals surface area contributed by atoms with Crippen LogP contribution in [0.2, 0.25) is 0 Å². The average molecular weight is 436 g/mol. The molecule has 0 atom stereocenters. The van der Waals surface area contributed by atoms with Gasteiger partial charge in [0.2, 0.25) is 0 Å². The van der Waals surface area contributed by atoms with Gasteiger partial charge in [0.05, 0.1) is 34.3 Å². The van der Waals surface area contributed by atoms with Crippen molar-refractivity contribution in [1.82, 2.24) is 10.1 Å². The van der Waals surface area contributed by atoms with E-state index in [0.717, 1.165) is 9.75 Å². The Bertz CT molecular complexity index is 1280. The molecule has 0 fully saturated rings. The maximum Gasteiger partial charge on any atom is 0.413 e. The number of aryl methyl sites for hydroxylation is 2. The van der Waals surface area contributed by atoms with Gasteiger partial charge in [0, 0.05) is 23.3 Å². The highest BCUT2D eigenvalue weighted by Crippen LogP contribution is 2.31. The standard InChI is InChI=1S/C22H20N4O4S/c1-12-5-10-18(31-12)17-11-16(19-13(2)25-30-21(19)24-17)20(27)23-14-6-8-15(9-7-14)26(3)22(28)29-4/h5-11H,1-4H3,(H,23,27). The van der Waals surface area contributed by atoms with Gasteiger partial charge in [-0.1, -0.05) is 5.16 Å². The number of nitrogens with zero attached hydrogens (tertiary/aromatic N) is 3. The van der Waals surface area contributed by atoms with E-state index >= 15 is 0 Å². The molecule has 0 bridgehead atoms. The summed E-state index contributed by atoms with van der Waals surface area (Å²) in [5, 5.41) is 7.45. The zero-order valence-electron chi connectivity index (χ0n) is 17.4. The Morgan fingerprint density at radius 2 is 1.87 bits per heavy atom. The van der Waals surface area contributed by atoms with Gasteiger partial charge in [-0.05, 0) is 56.3 Å². The smallest absolute Gasteiger partial charge is 0.413 e. The number of hydrogen-bond acceptors (Lipinski definition) is 7. The van der Waals surface area contributed by atoms with Crippen molar-refractivity contribution < 1.29 is 18.8 Å². The first kappa shape index (κ1) is 20.5.